The third kappa shape index (κ3) is 2.19. The molecule has 0 aliphatic heterocycles. The molecule has 0 aliphatic carbocycles. The summed E-state index contributed by atoms with van der Waals surface area (Å²) in [6.45, 7) is 3.80. The van der Waals surface area contributed by atoms with Gasteiger partial charge in [-0.05, 0) is 19.1 Å². The molecule has 18 heavy (non-hydrogen) atoms. The fourth-order valence-electron chi connectivity index (χ4n) is 2.03. The maximum Gasteiger partial charge on any atom is 0.194 e. The van der Waals surface area contributed by atoms with E-state index < -0.39 is 0 Å². The van der Waals surface area contributed by atoms with Gasteiger partial charge in [0.05, 0.1) is 17.7 Å². The molecule has 4 nitrogen and oxygen atoms in total. The second-order valence-electron chi connectivity index (χ2n) is 4.21. The van der Waals surface area contributed by atoms with Gasteiger partial charge < -0.3 is 9.73 Å². The molecular formula is C13H15N3OS. The molecule has 3 aromatic heterocycles. The third-order valence-corrected chi connectivity index (χ3v) is 3.74. The molecule has 0 amide bonds. The van der Waals surface area contributed by atoms with E-state index in [0.717, 1.165) is 35.9 Å². The van der Waals surface area contributed by atoms with Crippen LogP contribution in [0, 0.1) is 6.92 Å². The maximum atomic E-state index is 5.30. The first-order valence-electron chi connectivity index (χ1n) is 5.99. The maximum absolute atomic E-state index is 5.30. The van der Waals surface area contributed by atoms with E-state index >= 15 is 0 Å². The fraction of sp³-hybridized carbons (Fsp3) is 0.308. The molecule has 0 saturated carbocycles. The van der Waals surface area contributed by atoms with Crippen molar-refractivity contribution in [1.82, 2.24) is 14.7 Å². The van der Waals surface area contributed by atoms with Gasteiger partial charge in [-0.3, -0.25) is 4.40 Å². The van der Waals surface area contributed by atoms with E-state index in [1.807, 2.05) is 12.1 Å². The van der Waals surface area contributed by atoms with Crippen LogP contribution in [0.2, 0.25) is 0 Å². The highest BCUT2D eigenvalue weighted by Crippen LogP contribution is 2.16. The normalized spacial score (nSPS) is 11.4. The molecule has 0 atom stereocenters. The van der Waals surface area contributed by atoms with E-state index in [1.54, 1.807) is 17.6 Å². The molecule has 0 radical (unpaired) electrons. The molecule has 0 unspecified atom stereocenters. The summed E-state index contributed by atoms with van der Waals surface area (Å²) < 4.78 is 7.45. The lowest BCUT2D eigenvalue weighted by atomic mass is 10.3. The van der Waals surface area contributed by atoms with Crippen molar-refractivity contribution in [2.24, 2.45) is 0 Å². The molecule has 0 fully saturated rings. The number of hydrogen-bond acceptors (Lipinski definition) is 4. The zero-order valence-electron chi connectivity index (χ0n) is 10.2. The molecule has 0 aromatic carbocycles. The van der Waals surface area contributed by atoms with E-state index in [1.165, 1.54) is 5.69 Å². The van der Waals surface area contributed by atoms with E-state index in [2.05, 4.69) is 33.2 Å². The SMILES string of the molecule is Cc1nc2sccn2c1CNCCc1ccco1. The number of nitrogens with zero attached hydrogens (tertiary/aromatic N) is 2. The molecule has 0 aliphatic rings. The Balaban J connectivity index is 1.59. The lowest BCUT2D eigenvalue weighted by Crippen LogP contribution is -2.18. The third-order valence-electron chi connectivity index (χ3n) is 2.98. The highest BCUT2D eigenvalue weighted by Gasteiger charge is 2.08. The second-order valence-corrected chi connectivity index (χ2v) is 5.08. The summed E-state index contributed by atoms with van der Waals surface area (Å²) in [5.41, 5.74) is 2.35. The first-order valence-corrected chi connectivity index (χ1v) is 6.86. The average molecular weight is 261 g/mol. The Bertz CT molecular complexity index is 624. The minimum Gasteiger partial charge on any atom is -0.469 e. The van der Waals surface area contributed by atoms with Crippen molar-refractivity contribution in [2.75, 3.05) is 6.54 Å². The topological polar surface area (TPSA) is 42.5 Å². The lowest BCUT2D eigenvalue weighted by molar-refractivity contribution is 0.498. The molecular weight excluding hydrogens is 246 g/mol. The van der Waals surface area contributed by atoms with Gasteiger partial charge in [-0.25, -0.2) is 4.98 Å². The van der Waals surface area contributed by atoms with Crippen molar-refractivity contribution in [2.45, 2.75) is 19.9 Å². The van der Waals surface area contributed by atoms with Gasteiger partial charge >= 0.3 is 0 Å². The van der Waals surface area contributed by atoms with Crippen molar-refractivity contribution in [3.63, 3.8) is 0 Å². The number of aromatic nitrogens is 2. The number of nitrogens with one attached hydrogen (secondary N) is 1. The van der Waals surface area contributed by atoms with Gasteiger partial charge in [0.15, 0.2) is 4.96 Å². The number of thiazole rings is 1. The molecule has 5 heteroatoms. The Hall–Kier alpha value is -1.59. The smallest absolute Gasteiger partial charge is 0.194 e. The van der Waals surface area contributed by atoms with E-state index in [-0.39, 0.29) is 0 Å². The predicted octanol–water partition coefficient (Wildman–Crippen LogP) is 2.63. The van der Waals surface area contributed by atoms with Crippen molar-refractivity contribution >= 4 is 16.3 Å². The van der Waals surface area contributed by atoms with Crippen LogP contribution in [0.25, 0.3) is 4.96 Å². The Morgan fingerprint density at radius 1 is 1.50 bits per heavy atom. The van der Waals surface area contributed by atoms with Crippen LogP contribution in [0.4, 0.5) is 0 Å². The Labute approximate surface area is 109 Å². The Morgan fingerprint density at radius 2 is 2.44 bits per heavy atom. The summed E-state index contributed by atoms with van der Waals surface area (Å²) in [5, 5.41) is 5.50. The monoisotopic (exact) mass is 261 g/mol. The van der Waals surface area contributed by atoms with Gasteiger partial charge in [0, 0.05) is 31.1 Å². The van der Waals surface area contributed by atoms with Gasteiger partial charge in [0.25, 0.3) is 0 Å². The number of aryl methyl sites for hydroxylation is 1. The van der Waals surface area contributed by atoms with Crippen LogP contribution in [-0.2, 0) is 13.0 Å². The van der Waals surface area contributed by atoms with Crippen LogP contribution in [0.3, 0.4) is 0 Å². The summed E-state index contributed by atoms with van der Waals surface area (Å²) in [6, 6.07) is 3.92. The van der Waals surface area contributed by atoms with Crippen molar-refractivity contribution in [3.05, 3.63) is 47.1 Å². The standard InChI is InChI=1S/C13H15N3OS/c1-10-12(16-6-8-18-13(16)15-10)9-14-5-4-11-3-2-7-17-11/h2-3,6-8,14H,4-5,9H2,1H3. The quantitative estimate of drug-likeness (QED) is 0.718. The van der Waals surface area contributed by atoms with Crippen LogP contribution in [0.15, 0.2) is 34.4 Å². The van der Waals surface area contributed by atoms with Gasteiger partial charge in [-0.15, -0.1) is 11.3 Å². The van der Waals surface area contributed by atoms with Crippen LogP contribution < -0.4 is 5.32 Å². The molecule has 1 N–H and O–H groups in total. The zero-order valence-corrected chi connectivity index (χ0v) is 11.0. The highest BCUT2D eigenvalue weighted by atomic mass is 32.1. The molecule has 0 spiro atoms. The Kier molecular flexibility index (Phi) is 3.17. The highest BCUT2D eigenvalue weighted by molar-refractivity contribution is 7.15. The molecule has 94 valence electrons. The van der Waals surface area contributed by atoms with Crippen LogP contribution in [-0.4, -0.2) is 15.9 Å². The van der Waals surface area contributed by atoms with Crippen LogP contribution in [0.5, 0.6) is 0 Å². The summed E-state index contributed by atoms with van der Waals surface area (Å²) in [6.07, 6.45) is 4.70. The van der Waals surface area contributed by atoms with Crippen molar-refractivity contribution in [1.29, 1.82) is 0 Å². The minimum atomic E-state index is 0.838. The largest absolute Gasteiger partial charge is 0.469 e. The Morgan fingerprint density at radius 3 is 3.28 bits per heavy atom. The summed E-state index contributed by atoms with van der Waals surface area (Å²) in [4.78, 5) is 5.59. The lowest BCUT2D eigenvalue weighted by Gasteiger charge is -2.03. The van der Waals surface area contributed by atoms with Gasteiger partial charge in [-0.1, -0.05) is 0 Å². The van der Waals surface area contributed by atoms with E-state index in [0.29, 0.717) is 0 Å². The van der Waals surface area contributed by atoms with Gasteiger partial charge in [0.1, 0.15) is 5.76 Å². The van der Waals surface area contributed by atoms with Gasteiger partial charge in [-0.2, -0.15) is 0 Å². The number of imidazole rings is 1. The predicted molar refractivity (Wildman–Crippen MR) is 71.9 cm³/mol. The van der Waals surface area contributed by atoms with Crippen molar-refractivity contribution < 1.29 is 4.42 Å². The second kappa shape index (κ2) is 4.96. The number of hydrogen-bond donors (Lipinski definition) is 1. The molecule has 3 rings (SSSR count). The molecule has 3 heterocycles. The van der Waals surface area contributed by atoms with Crippen LogP contribution in [0.1, 0.15) is 17.1 Å². The van der Waals surface area contributed by atoms with E-state index in [4.69, 9.17) is 4.42 Å². The number of furan rings is 1. The molecule has 3 aromatic rings. The average Bonchev–Trinajstić information content (AvgIpc) is 3.03. The number of rotatable bonds is 5. The number of fused-ring (bicyclic) bond motifs is 1. The first kappa shape index (κ1) is 11.5. The summed E-state index contributed by atoms with van der Waals surface area (Å²) >= 11 is 1.67. The first-order chi connectivity index (χ1) is 8.84. The van der Waals surface area contributed by atoms with Crippen molar-refractivity contribution in [3.8, 4) is 0 Å². The van der Waals surface area contributed by atoms with Gasteiger partial charge in [0.2, 0.25) is 0 Å². The van der Waals surface area contributed by atoms with E-state index in [9.17, 15) is 0 Å². The molecule has 0 saturated heterocycles. The molecule has 0 bridgehead atoms. The summed E-state index contributed by atoms with van der Waals surface area (Å²) in [5.74, 6) is 1.02. The van der Waals surface area contributed by atoms with Crippen LogP contribution >= 0.6 is 11.3 Å². The summed E-state index contributed by atoms with van der Waals surface area (Å²) in [7, 11) is 0. The zero-order chi connectivity index (χ0) is 12.4. The minimum absolute atomic E-state index is 0.838. The fourth-order valence-corrected chi connectivity index (χ4v) is 2.81.